The molecular formula is C16H27NS. The largest absolute Gasteiger partial charge is 0.312 e. The first-order valence-corrected chi connectivity index (χ1v) is 8.35. The maximum Gasteiger partial charge on any atom is 0.0443 e. The molecule has 1 atom stereocenters. The molecule has 1 saturated carbocycles. The fourth-order valence-electron chi connectivity index (χ4n) is 3.50. The summed E-state index contributed by atoms with van der Waals surface area (Å²) in [5.41, 5.74) is 1.47. The zero-order valence-corrected chi connectivity index (χ0v) is 12.9. The first-order chi connectivity index (χ1) is 8.76. The van der Waals surface area contributed by atoms with Crippen LogP contribution in [0, 0.1) is 18.8 Å². The second kappa shape index (κ2) is 6.72. The van der Waals surface area contributed by atoms with E-state index in [1.807, 2.05) is 11.3 Å². The molecule has 1 aliphatic rings. The van der Waals surface area contributed by atoms with Crippen molar-refractivity contribution in [3.8, 4) is 0 Å². The molecule has 1 aromatic heterocycles. The van der Waals surface area contributed by atoms with Gasteiger partial charge in [0.05, 0.1) is 0 Å². The van der Waals surface area contributed by atoms with E-state index >= 15 is 0 Å². The van der Waals surface area contributed by atoms with Crippen molar-refractivity contribution in [3.63, 3.8) is 0 Å². The summed E-state index contributed by atoms with van der Waals surface area (Å²) >= 11 is 1.92. The SMILES string of the molecule is CCCC1CCC(C(NC)c2sccc2C)CC1. The topological polar surface area (TPSA) is 12.0 Å². The monoisotopic (exact) mass is 265 g/mol. The van der Waals surface area contributed by atoms with Crippen LogP contribution in [0.3, 0.4) is 0 Å². The van der Waals surface area contributed by atoms with Crippen molar-refractivity contribution in [2.24, 2.45) is 11.8 Å². The Balaban J connectivity index is 1.97. The van der Waals surface area contributed by atoms with E-state index in [4.69, 9.17) is 0 Å². The fourth-order valence-corrected chi connectivity index (χ4v) is 4.63. The Morgan fingerprint density at radius 2 is 2.06 bits per heavy atom. The molecule has 0 aliphatic heterocycles. The summed E-state index contributed by atoms with van der Waals surface area (Å²) in [5.74, 6) is 1.86. The van der Waals surface area contributed by atoms with Crippen LogP contribution in [0.4, 0.5) is 0 Å². The minimum Gasteiger partial charge on any atom is -0.312 e. The van der Waals surface area contributed by atoms with Crippen LogP contribution < -0.4 is 5.32 Å². The van der Waals surface area contributed by atoms with E-state index in [-0.39, 0.29) is 0 Å². The van der Waals surface area contributed by atoms with Crippen molar-refractivity contribution in [2.45, 2.75) is 58.4 Å². The zero-order chi connectivity index (χ0) is 13.0. The number of hydrogen-bond acceptors (Lipinski definition) is 2. The predicted molar refractivity (Wildman–Crippen MR) is 81.2 cm³/mol. The molecule has 1 aromatic rings. The van der Waals surface area contributed by atoms with Crippen LogP contribution in [0.25, 0.3) is 0 Å². The van der Waals surface area contributed by atoms with Gasteiger partial charge < -0.3 is 5.32 Å². The first kappa shape index (κ1) is 14.1. The van der Waals surface area contributed by atoms with Crippen LogP contribution in [0.5, 0.6) is 0 Å². The van der Waals surface area contributed by atoms with E-state index in [1.54, 1.807) is 4.88 Å². The van der Waals surface area contributed by atoms with Crippen molar-refractivity contribution in [1.29, 1.82) is 0 Å². The summed E-state index contributed by atoms with van der Waals surface area (Å²) < 4.78 is 0. The van der Waals surface area contributed by atoms with Gasteiger partial charge in [-0.3, -0.25) is 0 Å². The van der Waals surface area contributed by atoms with E-state index in [2.05, 4.69) is 37.7 Å². The second-order valence-corrected chi connectivity index (χ2v) is 6.75. The highest BCUT2D eigenvalue weighted by molar-refractivity contribution is 7.10. The van der Waals surface area contributed by atoms with E-state index < -0.39 is 0 Å². The molecule has 0 radical (unpaired) electrons. The lowest BCUT2D eigenvalue weighted by atomic mass is 9.76. The van der Waals surface area contributed by atoms with Gasteiger partial charge in [0.15, 0.2) is 0 Å². The summed E-state index contributed by atoms with van der Waals surface area (Å²) in [6, 6.07) is 2.85. The third-order valence-electron chi connectivity index (χ3n) is 4.55. The van der Waals surface area contributed by atoms with Crippen LogP contribution >= 0.6 is 11.3 Å². The molecule has 1 fully saturated rings. The average Bonchev–Trinajstić information content (AvgIpc) is 2.79. The molecule has 1 aliphatic carbocycles. The normalized spacial score (nSPS) is 26.2. The van der Waals surface area contributed by atoms with E-state index in [0.717, 1.165) is 11.8 Å². The molecule has 18 heavy (non-hydrogen) atoms. The molecule has 102 valence electrons. The standard InChI is InChI=1S/C16H27NS/c1-4-5-13-6-8-14(9-7-13)15(17-3)16-12(2)10-11-18-16/h10-11,13-15,17H,4-9H2,1-3H3. The third kappa shape index (κ3) is 3.16. The molecule has 2 heteroatoms. The quantitative estimate of drug-likeness (QED) is 0.796. The lowest BCUT2D eigenvalue weighted by Crippen LogP contribution is -2.28. The molecule has 1 N–H and O–H groups in total. The molecule has 0 spiro atoms. The maximum absolute atomic E-state index is 3.57. The van der Waals surface area contributed by atoms with Gasteiger partial charge in [0.2, 0.25) is 0 Å². The summed E-state index contributed by atoms with van der Waals surface area (Å²) in [4.78, 5) is 1.57. The predicted octanol–water partition coefficient (Wildman–Crippen LogP) is 4.92. The van der Waals surface area contributed by atoms with Gasteiger partial charge in [-0.2, -0.15) is 0 Å². The molecule has 1 nitrogen and oxygen atoms in total. The zero-order valence-electron chi connectivity index (χ0n) is 12.0. The van der Waals surface area contributed by atoms with Gasteiger partial charge in [0.25, 0.3) is 0 Å². The first-order valence-electron chi connectivity index (χ1n) is 7.47. The molecule has 1 heterocycles. The summed E-state index contributed by atoms with van der Waals surface area (Å²) in [6.07, 6.45) is 8.51. The van der Waals surface area contributed by atoms with E-state index in [9.17, 15) is 0 Å². The van der Waals surface area contributed by atoms with Gasteiger partial charge in [-0.1, -0.05) is 32.6 Å². The minimum atomic E-state index is 0.590. The molecule has 2 rings (SSSR count). The Hall–Kier alpha value is -0.340. The molecular weight excluding hydrogens is 238 g/mol. The minimum absolute atomic E-state index is 0.590. The highest BCUT2D eigenvalue weighted by Gasteiger charge is 2.28. The van der Waals surface area contributed by atoms with Gasteiger partial charge in [-0.15, -0.1) is 11.3 Å². The summed E-state index contributed by atoms with van der Waals surface area (Å²) in [6.45, 7) is 4.57. The average molecular weight is 265 g/mol. The van der Waals surface area contributed by atoms with E-state index in [1.165, 1.54) is 44.1 Å². The highest BCUT2D eigenvalue weighted by atomic mass is 32.1. The van der Waals surface area contributed by atoms with E-state index in [0.29, 0.717) is 6.04 Å². The van der Waals surface area contributed by atoms with Crippen LogP contribution in [-0.4, -0.2) is 7.05 Å². The lowest BCUT2D eigenvalue weighted by molar-refractivity contribution is 0.221. The Bertz CT molecular complexity index is 350. The van der Waals surface area contributed by atoms with Crippen molar-refractivity contribution in [3.05, 3.63) is 21.9 Å². The van der Waals surface area contributed by atoms with Crippen molar-refractivity contribution < 1.29 is 0 Å². The highest BCUT2D eigenvalue weighted by Crippen LogP contribution is 2.40. The number of nitrogens with one attached hydrogen (secondary N) is 1. The molecule has 0 bridgehead atoms. The van der Waals surface area contributed by atoms with Gasteiger partial charge in [-0.05, 0) is 55.7 Å². The smallest absolute Gasteiger partial charge is 0.0443 e. The second-order valence-electron chi connectivity index (χ2n) is 5.80. The summed E-state index contributed by atoms with van der Waals surface area (Å²) in [5, 5.41) is 5.81. The van der Waals surface area contributed by atoms with Crippen molar-refractivity contribution in [1.82, 2.24) is 5.32 Å². The fraction of sp³-hybridized carbons (Fsp3) is 0.750. The van der Waals surface area contributed by atoms with Gasteiger partial charge >= 0.3 is 0 Å². The van der Waals surface area contributed by atoms with Gasteiger partial charge in [0, 0.05) is 10.9 Å². The Kier molecular flexibility index (Phi) is 5.25. The van der Waals surface area contributed by atoms with Gasteiger partial charge in [-0.25, -0.2) is 0 Å². The lowest BCUT2D eigenvalue weighted by Gasteiger charge is -2.33. The number of aryl methyl sites for hydroxylation is 1. The third-order valence-corrected chi connectivity index (χ3v) is 5.66. The Morgan fingerprint density at radius 3 is 2.56 bits per heavy atom. The maximum atomic E-state index is 3.57. The number of rotatable bonds is 5. The molecule has 0 saturated heterocycles. The Morgan fingerprint density at radius 1 is 1.33 bits per heavy atom. The van der Waals surface area contributed by atoms with Crippen LogP contribution in [0.2, 0.25) is 0 Å². The van der Waals surface area contributed by atoms with Crippen molar-refractivity contribution >= 4 is 11.3 Å². The van der Waals surface area contributed by atoms with Crippen LogP contribution in [-0.2, 0) is 0 Å². The molecule has 0 amide bonds. The summed E-state index contributed by atoms with van der Waals surface area (Å²) in [7, 11) is 2.13. The van der Waals surface area contributed by atoms with Crippen molar-refractivity contribution in [2.75, 3.05) is 7.05 Å². The van der Waals surface area contributed by atoms with Crippen LogP contribution in [0.15, 0.2) is 11.4 Å². The number of hydrogen-bond donors (Lipinski definition) is 1. The molecule has 0 aromatic carbocycles. The van der Waals surface area contributed by atoms with Gasteiger partial charge in [0.1, 0.15) is 0 Å². The molecule has 1 unspecified atom stereocenters. The van der Waals surface area contributed by atoms with Crippen LogP contribution in [0.1, 0.15) is 61.9 Å². The Labute approximate surface area is 116 Å². The number of thiophene rings is 1.